The van der Waals surface area contributed by atoms with Crippen LogP contribution in [0.25, 0.3) is 17.2 Å². The van der Waals surface area contributed by atoms with Crippen LogP contribution in [0.1, 0.15) is 5.56 Å². The minimum atomic E-state index is -4.50. The van der Waals surface area contributed by atoms with Crippen molar-refractivity contribution in [3.05, 3.63) is 36.7 Å². The molecule has 3 heterocycles. The average molecular weight is 266 g/mol. The Kier molecular flexibility index (Phi) is 2.40. The molecule has 0 radical (unpaired) electrons. The molecule has 0 amide bonds. The van der Waals surface area contributed by atoms with Gasteiger partial charge in [-0.1, -0.05) is 0 Å². The summed E-state index contributed by atoms with van der Waals surface area (Å²) in [5.41, 5.74) is -1.01. The number of nitrogens with zero attached hydrogens (tertiary/aromatic N) is 6. The Balaban J connectivity index is 2.31. The predicted molar refractivity (Wildman–Crippen MR) is 56.8 cm³/mol. The number of halogens is 3. The summed E-state index contributed by atoms with van der Waals surface area (Å²) in [4.78, 5) is 15.1. The van der Waals surface area contributed by atoms with Gasteiger partial charge >= 0.3 is 6.18 Å². The summed E-state index contributed by atoms with van der Waals surface area (Å²) in [6.45, 7) is 0. The summed E-state index contributed by atoms with van der Waals surface area (Å²) in [6.07, 6.45) is -0.0158. The first-order chi connectivity index (χ1) is 9.07. The van der Waals surface area contributed by atoms with Gasteiger partial charge < -0.3 is 0 Å². The van der Waals surface area contributed by atoms with Crippen molar-refractivity contribution in [1.82, 2.24) is 29.5 Å². The number of hydrogen-bond donors (Lipinski definition) is 0. The van der Waals surface area contributed by atoms with E-state index in [9.17, 15) is 13.2 Å². The average Bonchev–Trinajstić information content (AvgIpc) is 2.85. The highest BCUT2D eigenvalue weighted by Crippen LogP contribution is 2.35. The fraction of sp³-hybridized carbons (Fsp3) is 0.100. The second kappa shape index (κ2) is 3.97. The Hall–Kier alpha value is -2.58. The van der Waals surface area contributed by atoms with E-state index in [0.29, 0.717) is 0 Å². The second-order valence-corrected chi connectivity index (χ2v) is 3.59. The number of rotatable bonds is 1. The van der Waals surface area contributed by atoms with Crippen LogP contribution >= 0.6 is 0 Å². The Labute approximate surface area is 104 Å². The fourth-order valence-corrected chi connectivity index (χ4v) is 1.67. The van der Waals surface area contributed by atoms with Crippen LogP contribution in [0.2, 0.25) is 0 Å². The molecule has 3 aromatic rings. The van der Waals surface area contributed by atoms with E-state index in [4.69, 9.17) is 0 Å². The quantitative estimate of drug-likeness (QED) is 0.669. The molecule has 0 unspecified atom stereocenters. The van der Waals surface area contributed by atoms with Crippen molar-refractivity contribution in [2.24, 2.45) is 0 Å². The number of alkyl halides is 3. The van der Waals surface area contributed by atoms with E-state index in [1.54, 1.807) is 0 Å². The summed E-state index contributed by atoms with van der Waals surface area (Å²) in [6, 6.07) is 0.889. The Morgan fingerprint density at radius 2 is 1.84 bits per heavy atom. The molecular formula is C10H5F3N6. The van der Waals surface area contributed by atoms with E-state index in [2.05, 4.69) is 25.0 Å². The van der Waals surface area contributed by atoms with Crippen molar-refractivity contribution < 1.29 is 13.2 Å². The smallest absolute Gasteiger partial charge is 0.264 e. The molecule has 0 spiro atoms. The van der Waals surface area contributed by atoms with Gasteiger partial charge in [-0.15, -0.1) is 0 Å². The van der Waals surface area contributed by atoms with E-state index in [0.717, 1.165) is 29.3 Å². The van der Waals surface area contributed by atoms with Crippen LogP contribution in [0.5, 0.6) is 0 Å². The van der Waals surface area contributed by atoms with Crippen LogP contribution in [0.4, 0.5) is 13.2 Å². The topological polar surface area (TPSA) is 68.9 Å². The lowest BCUT2D eigenvalue weighted by molar-refractivity contribution is -0.137. The lowest BCUT2D eigenvalue weighted by Crippen LogP contribution is -2.10. The van der Waals surface area contributed by atoms with Crippen LogP contribution in [0.3, 0.4) is 0 Å². The summed E-state index contributed by atoms with van der Waals surface area (Å²) in [5, 5.41) is 3.80. The van der Waals surface area contributed by atoms with Gasteiger partial charge in [0.05, 0.1) is 5.56 Å². The maximum atomic E-state index is 12.9. The minimum Gasteiger partial charge on any atom is -0.264 e. The van der Waals surface area contributed by atoms with Crippen LogP contribution in [-0.4, -0.2) is 29.5 Å². The molecule has 3 aromatic heterocycles. The van der Waals surface area contributed by atoms with Crippen molar-refractivity contribution in [3.63, 3.8) is 0 Å². The van der Waals surface area contributed by atoms with Crippen molar-refractivity contribution in [2.45, 2.75) is 6.18 Å². The highest BCUT2D eigenvalue weighted by atomic mass is 19.4. The number of fused-ring (bicyclic) bond motifs is 1. The van der Waals surface area contributed by atoms with Crippen molar-refractivity contribution in [3.8, 4) is 11.4 Å². The molecule has 0 bridgehead atoms. The lowest BCUT2D eigenvalue weighted by Gasteiger charge is -2.11. The van der Waals surface area contributed by atoms with Gasteiger partial charge in [-0.3, -0.25) is 4.98 Å². The van der Waals surface area contributed by atoms with E-state index < -0.39 is 11.7 Å². The van der Waals surface area contributed by atoms with Gasteiger partial charge in [0.2, 0.25) is 0 Å². The van der Waals surface area contributed by atoms with Crippen LogP contribution < -0.4 is 0 Å². The third-order valence-corrected chi connectivity index (χ3v) is 2.45. The van der Waals surface area contributed by atoms with E-state index in [1.807, 2.05) is 0 Å². The van der Waals surface area contributed by atoms with Gasteiger partial charge in [0.25, 0.3) is 5.78 Å². The van der Waals surface area contributed by atoms with Crippen LogP contribution in [0.15, 0.2) is 31.1 Å². The molecule has 0 saturated heterocycles. The molecule has 9 heteroatoms. The lowest BCUT2D eigenvalue weighted by atomic mass is 10.1. The van der Waals surface area contributed by atoms with Gasteiger partial charge in [-0.2, -0.15) is 32.8 Å². The van der Waals surface area contributed by atoms with E-state index >= 15 is 0 Å². The van der Waals surface area contributed by atoms with Crippen LogP contribution in [-0.2, 0) is 6.18 Å². The van der Waals surface area contributed by atoms with Gasteiger partial charge in [-0.05, 0) is 6.07 Å². The Morgan fingerprint density at radius 3 is 2.63 bits per heavy atom. The molecule has 0 aromatic carbocycles. The second-order valence-electron chi connectivity index (χ2n) is 3.59. The third kappa shape index (κ3) is 1.88. The maximum Gasteiger partial charge on any atom is 0.417 e. The maximum absolute atomic E-state index is 12.9. The first-order valence-corrected chi connectivity index (χ1v) is 5.09. The first kappa shape index (κ1) is 11.5. The minimum absolute atomic E-state index is 0.0112. The zero-order chi connectivity index (χ0) is 13.5. The molecule has 6 nitrogen and oxygen atoms in total. The molecule has 0 saturated carbocycles. The van der Waals surface area contributed by atoms with Gasteiger partial charge in [-0.25, -0.2) is 4.98 Å². The molecule has 19 heavy (non-hydrogen) atoms. The summed E-state index contributed by atoms with van der Waals surface area (Å²) in [7, 11) is 0. The monoisotopic (exact) mass is 266 g/mol. The van der Waals surface area contributed by atoms with Crippen molar-refractivity contribution in [1.29, 1.82) is 0 Å². The van der Waals surface area contributed by atoms with Crippen molar-refractivity contribution in [2.75, 3.05) is 0 Å². The molecule has 0 atom stereocenters. The zero-order valence-corrected chi connectivity index (χ0v) is 9.20. The van der Waals surface area contributed by atoms with E-state index in [1.165, 1.54) is 6.33 Å². The first-order valence-electron chi connectivity index (χ1n) is 5.09. The van der Waals surface area contributed by atoms with Gasteiger partial charge in [0.15, 0.2) is 5.82 Å². The normalized spacial score (nSPS) is 11.9. The van der Waals surface area contributed by atoms with E-state index in [-0.39, 0.29) is 17.2 Å². The molecule has 0 aliphatic heterocycles. The SMILES string of the molecule is FC(F)(F)c1ccncc1-c1ncnc2ncnn12. The van der Waals surface area contributed by atoms with Crippen molar-refractivity contribution >= 4 is 5.78 Å². The molecule has 0 N–H and O–H groups in total. The fourth-order valence-electron chi connectivity index (χ4n) is 1.67. The standard InChI is InChI=1S/C10H5F3N6/c11-10(12,13)7-1-2-14-3-6(7)8-15-4-16-9-17-5-18-19(8)9/h1-5H. The molecule has 0 fully saturated rings. The molecule has 0 aliphatic carbocycles. The number of hydrogen-bond acceptors (Lipinski definition) is 5. The summed E-state index contributed by atoms with van der Waals surface area (Å²) in [5.74, 6) is 0.157. The highest BCUT2D eigenvalue weighted by molar-refractivity contribution is 5.61. The number of pyridine rings is 1. The zero-order valence-electron chi connectivity index (χ0n) is 9.20. The van der Waals surface area contributed by atoms with Crippen LogP contribution in [0, 0.1) is 0 Å². The summed E-state index contributed by atoms with van der Waals surface area (Å²) < 4.78 is 40.0. The molecule has 0 aliphatic rings. The number of aromatic nitrogens is 6. The summed E-state index contributed by atoms with van der Waals surface area (Å²) >= 11 is 0. The van der Waals surface area contributed by atoms with Gasteiger partial charge in [0, 0.05) is 18.0 Å². The molecular weight excluding hydrogens is 261 g/mol. The Bertz CT molecular complexity index is 735. The highest BCUT2D eigenvalue weighted by Gasteiger charge is 2.34. The molecule has 96 valence electrons. The van der Waals surface area contributed by atoms with Gasteiger partial charge in [0.1, 0.15) is 12.7 Å². The molecule has 3 rings (SSSR count). The third-order valence-electron chi connectivity index (χ3n) is 2.45. The largest absolute Gasteiger partial charge is 0.417 e. The Morgan fingerprint density at radius 1 is 1.05 bits per heavy atom. The predicted octanol–water partition coefficient (Wildman–Crippen LogP) is 1.60.